The quantitative estimate of drug-likeness (QED) is 0.714. The second kappa shape index (κ2) is 8.05. The van der Waals surface area contributed by atoms with Gasteiger partial charge in [0.1, 0.15) is 11.0 Å². The molecule has 0 bridgehead atoms. The number of piperazine rings is 1. The molecule has 4 rings (SSSR count). The Kier molecular flexibility index (Phi) is 5.32. The summed E-state index contributed by atoms with van der Waals surface area (Å²) >= 11 is 0. The summed E-state index contributed by atoms with van der Waals surface area (Å²) in [6, 6.07) is 9.62. The van der Waals surface area contributed by atoms with Gasteiger partial charge in [-0.25, -0.2) is 9.67 Å². The molecule has 1 aromatic carbocycles. The SMILES string of the molecule is CCC(C)n1c(N2CCNCC2)nc2cnn(Cc3ccccc3C#N)c(=O)c21. The average Bonchev–Trinajstić information content (AvgIpc) is 3.16. The molecule has 1 saturated heterocycles. The van der Waals surface area contributed by atoms with Crippen LogP contribution in [0.15, 0.2) is 35.3 Å². The van der Waals surface area contributed by atoms with Crippen molar-refractivity contribution in [2.24, 2.45) is 0 Å². The lowest BCUT2D eigenvalue weighted by atomic mass is 10.1. The number of imidazole rings is 1. The van der Waals surface area contributed by atoms with E-state index in [-0.39, 0.29) is 18.1 Å². The minimum atomic E-state index is -0.176. The number of hydrogen-bond donors (Lipinski definition) is 1. The molecule has 0 aliphatic carbocycles. The molecule has 2 aromatic heterocycles. The largest absolute Gasteiger partial charge is 0.340 e. The molecule has 3 aromatic rings. The van der Waals surface area contributed by atoms with Gasteiger partial charge in [0, 0.05) is 32.2 Å². The second-order valence-electron chi connectivity index (χ2n) is 7.39. The van der Waals surface area contributed by atoms with Crippen molar-refractivity contribution in [3.8, 4) is 6.07 Å². The third-order valence-corrected chi connectivity index (χ3v) is 5.57. The van der Waals surface area contributed by atoms with E-state index < -0.39 is 0 Å². The van der Waals surface area contributed by atoms with Gasteiger partial charge in [0.25, 0.3) is 5.56 Å². The Morgan fingerprint density at radius 2 is 2.03 bits per heavy atom. The van der Waals surface area contributed by atoms with Gasteiger partial charge in [0.2, 0.25) is 5.95 Å². The Morgan fingerprint density at radius 1 is 1.28 bits per heavy atom. The first-order valence-electron chi connectivity index (χ1n) is 10.1. The van der Waals surface area contributed by atoms with Crippen molar-refractivity contribution in [1.82, 2.24) is 24.6 Å². The highest BCUT2D eigenvalue weighted by molar-refractivity contribution is 5.77. The fourth-order valence-electron chi connectivity index (χ4n) is 3.77. The van der Waals surface area contributed by atoms with E-state index in [4.69, 9.17) is 4.98 Å². The molecular formula is C21H25N7O. The van der Waals surface area contributed by atoms with E-state index >= 15 is 0 Å². The lowest BCUT2D eigenvalue weighted by molar-refractivity contribution is 0.514. The average molecular weight is 391 g/mol. The standard InChI is InChI=1S/C21H25N7O/c1-3-15(2)28-19-18(25-21(28)26-10-8-23-9-11-26)13-24-27(20(19)29)14-17-7-5-4-6-16(17)12-22/h4-7,13,15,23H,3,8-11,14H2,1-2H3. The predicted octanol–water partition coefficient (Wildman–Crippen LogP) is 1.89. The zero-order chi connectivity index (χ0) is 20.4. The van der Waals surface area contributed by atoms with E-state index in [2.05, 4.69) is 39.8 Å². The Morgan fingerprint density at radius 3 is 2.76 bits per heavy atom. The Hall–Kier alpha value is -3.18. The summed E-state index contributed by atoms with van der Waals surface area (Å²) in [5, 5.41) is 17.1. The van der Waals surface area contributed by atoms with Gasteiger partial charge in [-0.1, -0.05) is 25.1 Å². The Bertz CT molecular complexity index is 1120. The van der Waals surface area contributed by atoms with Crippen molar-refractivity contribution in [1.29, 1.82) is 5.26 Å². The molecule has 150 valence electrons. The van der Waals surface area contributed by atoms with Gasteiger partial charge >= 0.3 is 0 Å². The molecule has 8 nitrogen and oxygen atoms in total. The molecule has 0 spiro atoms. The number of nitrogens with one attached hydrogen (secondary N) is 1. The van der Waals surface area contributed by atoms with Crippen LogP contribution in [0, 0.1) is 11.3 Å². The van der Waals surface area contributed by atoms with Crippen LogP contribution in [0.2, 0.25) is 0 Å². The van der Waals surface area contributed by atoms with Crippen molar-refractivity contribution in [3.63, 3.8) is 0 Å². The molecule has 0 radical (unpaired) electrons. The normalized spacial score (nSPS) is 15.4. The van der Waals surface area contributed by atoms with Gasteiger partial charge in [0.05, 0.1) is 24.4 Å². The van der Waals surface area contributed by atoms with Gasteiger partial charge in [-0.05, 0) is 25.0 Å². The summed E-state index contributed by atoms with van der Waals surface area (Å²) < 4.78 is 3.50. The number of nitriles is 1. The van der Waals surface area contributed by atoms with Crippen LogP contribution in [-0.4, -0.2) is 45.5 Å². The second-order valence-corrected chi connectivity index (χ2v) is 7.39. The fourth-order valence-corrected chi connectivity index (χ4v) is 3.77. The summed E-state index contributed by atoms with van der Waals surface area (Å²) in [6.45, 7) is 8.00. The maximum Gasteiger partial charge on any atom is 0.293 e. The lowest BCUT2D eigenvalue weighted by Crippen LogP contribution is -2.44. The van der Waals surface area contributed by atoms with Crippen molar-refractivity contribution >= 4 is 17.0 Å². The topological polar surface area (TPSA) is 91.8 Å². The van der Waals surface area contributed by atoms with Crippen LogP contribution in [0.5, 0.6) is 0 Å². The molecule has 1 aliphatic heterocycles. The number of rotatable bonds is 5. The number of benzene rings is 1. The Balaban J connectivity index is 1.84. The van der Waals surface area contributed by atoms with Crippen molar-refractivity contribution in [2.45, 2.75) is 32.9 Å². The number of nitrogens with zero attached hydrogens (tertiary/aromatic N) is 6. The summed E-state index contributed by atoms with van der Waals surface area (Å²) in [5.41, 5.74) is 2.36. The van der Waals surface area contributed by atoms with Gasteiger partial charge < -0.3 is 14.8 Å². The van der Waals surface area contributed by atoms with Gasteiger partial charge in [-0.2, -0.15) is 10.4 Å². The molecule has 1 fully saturated rings. The number of anilines is 1. The van der Waals surface area contributed by atoms with E-state index in [1.807, 2.05) is 18.2 Å². The minimum absolute atomic E-state index is 0.139. The van der Waals surface area contributed by atoms with Crippen molar-refractivity contribution < 1.29 is 0 Å². The van der Waals surface area contributed by atoms with E-state index in [1.165, 1.54) is 4.68 Å². The number of fused-ring (bicyclic) bond motifs is 1. The van der Waals surface area contributed by atoms with Crippen LogP contribution in [0.25, 0.3) is 11.0 Å². The molecule has 1 aliphatic rings. The predicted molar refractivity (Wildman–Crippen MR) is 112 cm³/mol. The zero-order valence-corrected chi connectivity index (χ0v) is 16.8. The van der Waals surface area contributed by atoms with E-state index in [0.29, 0.717) is 16.6 Å². The van der Waals surface area contributed by atoms with Gasteiger partial charge in [-0.3, -0.25) is 4.79 Å². The molecule has 1 atom stereocenters. The van der Waals surface area contributed by atoms with Gasteiger partial charge in [0.15, 0.2) is 0 Å². The highest BCUT2D eigenvalue weighted by Crippen LogP contribution is 2.26. The molecule has 3 heterocycles. The summed E-state index contributed by atoms with van der Waals surface area (Å²) in [6.07, 6.45) is 2.56. The van der Waals surface area contributed by atoms with Crippen LogP contribution >= 0.6 is 0 Å². The molecule has 29 heavy (non-hydrogen) atoms. The Labute approximate surface area is 169 Å². The van der Waals surface area contributed by atoms with Crippen LogP contribution < -0.4 is 15.8 Å². The van der Waals surface area contributed by atoms with Crippen LogP contribution in [0.3, 0.4) is 0 Å². The summed E-state index contributed by atoms with van der Waals surface area (Å²) in [5.74, 6) is 0.838. The molecule has 0 saturated carbocycles. The van der Waals surface area contributed by atoms with E-state index in [9.17, 15) is 10.1 Å². The highest BCUT2D eigenvalue weighted by Gasteiger charge is 2.24. The summed E-state index contributed by atoms with van der Waals surface area (Å²) in [7, 11) is 0. The van der Waals surface area contributed by atoms with Crippen LogP contribution in [0.1, 0.15) is 37.4 Å². The number of hydrogen-bond acceptors (Lipinski definition) is 6. The third-order valence-electron chi connectivity index (χ3n) is 5.57. The first-order valence-corrected chi connectivity index (χ1v) is 10.1. The van der Waals surface area contributed by atoms with E-state index in [1.54, 1.807) is 12.3 Å². The zero-order valence-electron chi connectivity index (χ0n) is 16.8. The molecular weight excluding hydrogens is 366 g/mol. The van der Waals surface area contributed by atoms with E-state index in [0.717, 1.165) is 44.1 Å². The highest BCUT2D eigenvalue weighted by atomic mass is 16.1. The lowest BCUT2D eigenvalue weighted by Gasteiger charge is -2.30. The van der Waals surface area contributed by atoms with Crippen LogP contribution in [0.4, 0.5) is 5.95 Å². The number of aromatic nitrogens is 4. The molecule has 1 unspecified atom stereocenters. The van der Waals surface area contributed by atoms with Crippen molar-refractivity contribution in [3.05, 3.63) is 51.9 Å². The van der Waals surface area contributed by atoms with Crippen LogP contribution in [-0.2, 0) is 6.54 Å². The monoisotopic (exact) mass is 391 g/mol. The first kappa shape index (κ1) is 19.2. The molecule has 0 amide bonds. The maximum absolute atomic E-state index is 13.4. The van der Waals surface area contributed by atoms with Crippen molar-refractivity contribution in [2.75, 3.05) is 31.1 Å². The smallest absolute Gasteiger partial charge is 0.293 e. The molecule has 8 heteroatoms. The first-order chi connectivity index (χ1) is 14.1. The summed E-state index contributed by atoms with van der Waals surface area (Å²) in [4.78, 5) is 20.4. The van der Waals surface area contributed by atoms with Gasteiger partial charge in [-0.15, -0.1) is 0 Å². The minimum Gasteiger partial charge on any atom is -0.340 e. The fraction of sp³-hybridized carbons (Fsp3) is 0.429. The molecule has 1 N–H and O–H groups in total. The maximum atomic E-state index is 13.4. The third kappa shape index (κ3) is 3.49.